The lowest BCUT2D eigenvalue weighted by atomic mass is 10.1. The van der Waals surface area contributed by atoms with Crippen LogP contribution >= 0.6 is 0 Å². The third-order valence-corrected chi connectivity index (χ3v) is 3.58. The van der Waals surface area contributed by atoms with Gasteiger partial charge >= 0.3 is 0 Å². The molecule has 4 heteroatoms. The first kappa shape index (κ1) is 14.0. The van der Waals surface area contributed by atoms with E-state index in [1.54, 1.807) is 11.9 Å². The molecule has 0 saturated carbocycles. The number of anilines is 1. The molecule has 4 nitrogen and oxygen atoms in total. The van der Waals surface area contributed by atoms with Gasteiger partial charge in [0, 0.05) is 25.9 Å². The summed E-state index contributed by atoms with van der Waals surface area (Å²) in [7, 11) is 1.81. The zero-order valence-corrected chi connectivity index (χ0v) is 11.5. The topological polar surface area (TPSA) is 55.6 Å². The third-order valence-electron chi connectivity index (χ3n) is 3.58. The summed E-state index contributed by atoms with van der Waals surface area (Å²) in [4.78, 5) is 13.9. The average molecular weight is 262 g/mol. The van der Waals surface area contributed by atoms with Crippen molar-refractivity contribution >= 4 is 11.6 Å². The molecule has 1 aliphatic rings. The summed E-state index contributed by atoms with van der Waals surface area (Å²) in [6.07, 6.45) is 3.80. The van der Waals surface area contributed by atoms with Gasteiger partial charge < -0.3 is 15.4 Å². The van der Waals surface area contributed by atoms with Crippen molar-refractivity contribution in [3.8, 4) is 0 Å². The van der Waals surface area contributed by atoms with E-state index in [2.05, 4.69) is 0 Å². The molecular weight excluding hydrogens is 240 g/mol. The van der Waals surface area contributed by atoms with Crippen molar-refractivity contribution < 1.29 is 9.53 Å². The molecule has 1 aromatic rings. The molecule has 0 aromatic heterocycles. The van der Waals surface area contributed by atoms with Gasteiger partial charge in [0.15, 0.2) is 0 Å². The summed E-state index contributed by atoms with van der Waals surface area (Å²) in [5, 5.41) is 0. The van der Waals surface area contributed by atoms with Crippen LogP contribution in [0, 0.1) is 0 Å². The van der Waals surface area contributed by atoms with Gasteiger partial charge in [0.2, 0.25) is 5.91 Å². The summed E-state index contributed by atoms with van der Waals surface area (Å²) in [5.41, 5.74) is 7.55. The lowest BCUT2D eigenvalue weighted by molar-refractivity contribution is -0.122. The monoisotopic (exact) mass is 262 g/mol. The second kappa shape index (κ2) is 6.68. The van der Waals surface area contributed by atoms with Crippen LogP contribution in [0.5, 0.6) is 0 Å². The van der Waals surface area contributed by atoms with Crippen molar-refractivity contribution in [3.63, 3.8) is 0 Å². The standard InChI is InChI=1S/C15H22N2O2/c1-17(13-6-4-5-12(9-13)11-16)15(18)10-14-7-2-3-8-19-14/h4-6,9,14H,2-3,7-8,10-11,16H2,1H3. The van der Waals surface area contributed by atoms with Gasteiger partial charge in [-0.05, 0) is 37.0 Å². The van der Waals surface area contributed by atoms with E-state index in [0.717, 1.165) is 37.1 Å². The fourth-order valence-electron chi connectivity index (χ4n) is 2.34. The number of hydrogen-bond donors (Lipinski definition) is 1. The molecule has 2 rings (SSSR count). The molecule has 1 atom stereocenters. The molecule has 1 unspecified atom stereocenters. The van der Waals surface area contributed by atoms with Gasteiger partial charge in [-0.3, -0.25) is 4.79 Å². The largest absolute Gasteiger partial charge is 0.378 e. The van der Waals surface area contributed by atoms with Crippen molar-refractivity contribution in [1.29, 1.82) is 0 Å². The number of amides is 1. The molecule has 1 fully saturated rings. The Balaban J connectivity index is 1.97. The maximum atomic E-state index is 12.2. The van der Waals surface area contributed by atoms with Crippen molar-refractivity contribution in [1.82, 2.24) is 0 Å². The number of rotatable bonds is 4. The van der Waals surface area contributed by atoms with Crippen LogP contribution in [-0.2, 0) is 16.1 Å². The number of nitrogens with zero attached hydrogens (tertiary/aromatic N) is 1. The number of nitrogens with two attached hydrogens (primary N) is 1. The molecule has 19 heavy (non-hydrogen) atoms. The molecule has 0 aliphatic carbocycles. The van der Waals surface area contributed by atoms with Gasteiger partial charge in [0.05, 0.1) is 12.5 Å². The summed E-state index contributed by atoms with van der Waals surface area (Å²) in [5.74, 6) is 0.0982. The lowest BCUT2D eigenvalue weighted by Crippen LogP contribution is -2.32. The van der Waals surface area contributed by atoms with E-state index in [1.807, 2.05) is 24.3 Å². The Bertz CT molecular complexity index is 428. The van der Waals surface area contributed by atoms with Crippen LogP contribution in [0.4, 0.5) is 5.69 Å². The first-order valence-electron chi connectivity index (χ1n) is 6.88. The van der Waals surface area contributed by atoms with E-state index in [1.165, 1.54) is 0 Å². The Morgan fingerprint density at radius 1 is 1.47 bits per heavy atom. The molecule has 1 saturated heterocycles. The minimum Gasteiger partial charge on any atom is -0.378 e. The maximum absolute atomic E-state index is 12.2. The maximum Gasteiger partial charge on any atom is 0.229 e. The van der Waals surface area contributed by atoms with E-state index < -0.39 is 0 Å². The van der Waals surface area contributed by atoms with Gasteiger partial charge in [0.25, 0.3) is 0 Å². The summed E-state index contributed by atoms with van der Waals surface area (Å²) >= 11 is 0. The van der Waals surface area contributed by atoms with Crippen molar-refractivity contribution in [2.24, 2.45) is 5.73 Å². The normalized spacial score (nSPS) is 19.2. The Labute approximate surface area is 114 Å². The quantitative estimate of drug-likeness (QED) is 0.903. The summed E-state index contributed by atoms with van der Waals surface area (Å²) in [6, 6.07) is 7.78. The fourth-order valence-corrected chi connectivity index (χ4v) is 2.34. The summed E-state index contributed by atoms with van der Waals surface area (Å²) < 4.78 is 5.61. The van der Waals surface area contributed by atoms with Crippen LogP contribution in [0.3, 0.4) is 0 Å². The minimum atomic E-state index is 0.0846. The molecule has 1 aromatic carbocycles. The third kappa shape index (κ3) is 3.78. The van der Waals surface area contributed by atoms with Crippen molar-refractivity contribution in [3.05, 3.63) is 29.8 Å². The number of benzene rings is 1. The van der Waals surface area contributed by atoms with Crippen LogP contribution < -0.4 is 10.6 Å². The van der Waals surface area contributed by atoms with Crippen LogP contribution in [0.25, 0.3) is 0 Å². The Morgan fingerprint density at radius 3 is 3.00 bits per heavy atom. The highest BCUT2D eigenvalue weighted by Gasteiger charge is 2.20. The van der Waals surface area contributed by atoms with Crippen molar-refractivity contribution in [2.45, 2.75) is 38.3 Å². The van der Waals surface area contributed by atoms with E-state index in [0.29, 0.717) is 13.0 Å². The number of ether oxygens (including phenoxy) is 1. The Hall–Kier alpha value is -1.39. The molecule has 0 radical (unpaired) electrons. The molecule has 1 amide bonds. The zero-order chi connectivity index (χ0) is 13.7. The molecule has 0 bridgehead atoms. The SMILES string of the molecule is CN(C(=O)CC1CCCCO1)c1cccc(CN)c1. The highest BCUT2D eigenvalue weighted by Crippen LogP contribution is 2.20. The molecule has 104 valence electrons. The van der Waals surface area contributed by atoms with Gasteiger partial charge in [-0.1, -0.05) is 12.1 Å². The average Bonchev–Trinajstić information content (AvgIpc) is 2.47. The number of carbonyl (C=O) groups is 1. The second-order valence-electron chi connectivity index (χ2n) is 5.02. The lowest BCUT2D eigenvalue weighted by Gasteiger charge is -2.25. The van der Waals surface area contributed by atoms with Gasteiger partial charge in [-0.25, -0.2) is 0 Å². The van der Waals surface area contributed by atoms with Crippen LogP contribution in [0.15, 0.2) is 24.3 Å². The van der Waals surface area contributed by atoms with Crippen LogP contribution in [-0.4, -0.2) is 25.7 Å². The number of hydrogen-bond acceptors (Lipinski definition) is 3. The minimum absolute atomic E-state index is 0.0846. The molecule has 0 spiro atoms. The van der Waals surface area contributed by atoms with Gasteiger partial charge in [-0.15, -0.1) is 0 Å². The molecule has 2 N–H and O–H groups in total. The first-order valence-corrected chi connectivity index (χ1v) is 6.88. The highest BCUT2D eigenvalue weighted by atomic mass is 16.5. The van der Waals surface area contributed by atoms with Crippen LogP contribution in [0.1, 0.15) is 31.2 Å². The highest BCUT2D eigenvalue weighted by molar-refractivity contribution is 5.93. The van der Waals surface area contributed by atoms with Gasteiger partial charge in [-0.2, -0.15) is 0 Å². The zero-order valence-electron chi connectivity index (χ0n) is 11.5. The number of carbonyl (C=O) groups excluding carboxylic acids is 1. The van der Waals surface area contributed by atoms with Gasteiger partial charge in [0.1, 0.15) is 0 Å². The van der Waals surface area contributed by atoms with E-state index in [4.69, 9.17) is 10.5 Å². The van der Waals surface area contributed by atoms with E-state index >= 15 is 0 Å². The van der Waals surface area contributed by atoms with Crippen LogP contribution in [0.2, 0.25) is 0 Å². The smallest absolute Gasteiger partial charge is 0.229 e. The fraction of sp³-hybridized carbons (Fsp3) is 0.533. The summed E-state index contributed by atoms with van der Waals surface area (Å²) in [6.45, 7) is 1.27. The Kier molecular flexibility index (Phi) is 4.93. The predicted octanol–water partition coefficient (Wildman–Crippen LogP) is 2.07. The van der Waals surface area contributed by atoms with E-state index in [9.17, 15) is 4.79 Å². The Morgan fingerprint density at radius 2 is 2.32 bits per heavy atom. The second-order valence-corrected chi connectivity index (χ2v) is 5.02. The molecule has 1 heterocycles. The van der Waals surface area contributed by atoms with E-state index in [-0.39, 0.29) is 12.0 Å². The molecular formula is C15H22N2O2. The first-order chi connectivity index (χ1) is 9.20. The molecule has 1 aliphatic heterocycles. The van der Waals surface area contributed by atoms with Crippen molar-refractivity contribution in [2.75, 3.05) is 18.6 Å². The predicted molar refractivity (Wildman–Crippen MR) is 76.0 cm³/mol.